The molecular weight excluding hydrogens is 296 g/mol. The van der Waals surface area contributed by atoms with Gasteiger partial charge < -0.3 is 9.80 Å². The van der Waals surface area contributed by atoms with E-state index in [-0.39, 0.29) is 0 Å². The number of hydrogen-bond donors (Lipinski definition) is 0. The molecule has 2 fully saturated rings. The molecule has 2 bridgehead atoms. The average Bonchev–Trinajstić information content (AvgIpc) is 3.25. The van der Waals surface area contributed by atoms with Gasteiger partial charge in [-0.15, -0.1) is 0 Å². The quantitative estimate of drug-likeness (QED) is 0.838. The van der Waals surface area contributed by atoms with E-state index in [1.807, 2.05) is 0 Å². The van der Waals surface area contributed by atoms with Crippen LogP contribution in [-0.2, 0) is 0 Å². The monoisotopic (exact) mass is 321 g/mol. The van der Waals surface area contributed by atoms with Crippen LogP contribution in [0.2, 0.25) is 0 Å². The van der Waals surface area contributed by atoms with Crippen LogP contribution in [-0.4, -0.2) is 53.0 Å². The van der Waals surface area contributed by atoms with Crippen LogP contribution in [0.25, 0.3) is 0 Å². The molecule has 1 aliphatic heterocycles. The highest BCUT2D eigenvalue weighted by molar-refractivity contribution is 5.50. The molecule has 1 saturated carbocycles. The smallest absolute Gasteiger partial charge is 0.116 e. The Morgan fingerprint density at radius 2 is 1.83 bits per heavy atom. The Bertz CT molecular complexity index is 700. The number of fused-ring (bicyclic) bond motifs is 5. The summed E-state index contributed by atoms with van der Waals surface area (Å²) < 4.78 is 0. The van der Waals surface area contributed by atoms with Gasteiger partial charge in [-0.1, -0.05) is 12.2 Å². The maximum Gasteiger partial charge on any atom is 0.116 e. The van der Waals surface area contributed by atoms with Crippen molar-refractivity contribution in [1.29, 1.82) is 0 Å². The van der Waals surface area contributed by atoms with Crippen molar-refractivity contribution in [3.8, 4) is 0 Å². The summed E-state index contributed by atoms with van der Waals surface area (Å²) in [5.74, 6) is 2.79. The molecule has 5 rings (SSSR count). The molecule has 0 aromatic carbocycles. The fourth-order valence-corrected chi connectivity index (χ4v) is 4.90. The number of aromatic nitrogens is 2. The topological polar surface area (TPSA) is 32.3 Å². The summed E-state index contributed by atoms with van der Waals surface area (Å²) in [6.45, 7) is 4.58. The lowest BCUT2D eigenvalue weighted by atomic mass is 9.86. The minimum absolute atomic E-state index is 0.705. The third-order valence-corrected chi connectivity index (χ3v) is 6.30. The molecule has 4 aliphatic rings. The van der Waals surface area contributed by atoms with Crippen molar-refractivity contribution in [2.45, 2.75) is 37.5 Å². The number of rotatable bonds is 2. The van der Waals surface area contributed by atoms with Gasteiger partial charge in [0.05, 0.1) is 11.4 Å². The molecular formula is C20H25N4. The number of piperazine rings is 1. The van der Waals surface area contributed by atoms with Gasteiger partial charge in [-0.2, -0.15) is 0 Å². The fraction of sp³-hybridized carbons (Fsp3) is 0.550. The van der Waals surface area contributed by atoms with E-state index in [1.54, 1.807) is 6.33 Å². The SMILES string of the molecule is CN1CCN(C2=CC[C](c3ncnc4c3C3CCC4C3)C=C2)CC1. The van der Waals surface area contributed by atoms with Gasteiger partial charge in [0.1, 0.15) is 6.33 Å². The summed E-state index contributed by atoms with van der Waals surface area (Å²) in [6, 6.07) is 0. The van der Waals surface area contributed by atoms with E-state index in [1.165, 1.54) is 47.8 Å². The predicted molar refractivity (Wildman–Crippen MR) is 94.6 cm³/mol. The van der Waals surface area contributed by atoms with Gasteiger partial charge in [0.25, 0.3) is 0 Å². The molecule has 4 nitrogen and oxygen atoms in total. The second-order valence-electron chi connectivity index (χ2n) is 7.71. The van der Waals surface area contributed by atoms with Crippen LogP contribution in [0.15, 0.2) is 30.3 Å². The molecule has 0 N–H and O–H groups in total. The first-order chi connectivity index (χ1) is 11.8. The maximum atomic E-state index is 4.69. The zero-order valence-electron chi connectivity index (χ0n) is 14.4. The highest BCUT2D eigenvalue weighted by Crippen LogP contribution is 2.54. The first-order valence-electron chi connectivity index (χ1n) is 9.32. The largest absolute Gasteiger partial charge is 0.369 e. The molecule has 2 unspecified atom stereocenters. The van der Waals surface area contributed by atoms with Gasteiger partial charge in [-0.05, 0) is 50.3 Å². The highest BCUT2D eigenvalue weighted by atomic mass is 15.2. The molecule has 1 saturated heterocycles. The summed E-state index contributed by atoms with van der Waals surface area (Å²) in [5, 5.41) is 0. The van der Waals surface area contributed by atoms with E-state index in [0.29, 0.717) is 11.8 Å². The number of nitrogens with zero attached hydrogens (tertiary/aromatic N) is 4. The minimum atomic E-state index is 0.705. The van der Waals surface area contributed by atoms with E-state index in [4.69, 9.17) is 4.98 Å². The van der Waals surface area contributed by atoms with Crippen molar-refractivity contribution in [3.05, 3.63) is 53.1 Å². The van der Waals surface area contributed by atoms with Gasteiger partial charge in [0.2, 0.25) is 0 Å². The molecule has 1 aromatic rings. The fourth-order valence-electron chi connectivity index (χ4n) is 4.90. The van der Waals surface area contributed by atoms with Crippen LogP contribution in [0, 0.1) is 5.92 Å². The van der Waals surface area contributed by atoms with Crippen molar-refractivity contribution in [1.82, 2.24) is 19.8 Å². The Morgan fingerprint density at radius 3 is 2.62 bits per heavy atom. The van der Waals surface area contributed by atoms with Crippen LogP contribution in [0.3, 0.4) is 0 Å². The van der Waals surface area contributed by atoms with Gasteiger partial charge in [0, 0.05) is 43.7 Å². The molecule has 125 valence electrons. The van der Waals surface area contributed by atoms with E-state index in [0.717, 1.165) is 32.6 Å². The second-order valence-corrected chi connectivity index (χ2v) is 7.71. The number of allylic oxidation sites excluding steroid dienone is 3. The number of hydrogen-bond acceptors (Lipinski definition) is 4. The summed E-state index contributed by atoms with van der Waals surface area (Å²) in [7, 11) is 2.21. The molecule has 1 aromatic heterocycles. The number of likely N-dealkylation sites (N-methyl/N-ethyl adjacent to an activating group) is 1. The van der Waals surface area contributed by atoms with Crippen molar-refractivity contribution in [3.63, 3.8) is 0 Å². The van der Waals surface area contributed by atoms with Crippen molar-refractivity contribution < 1.29 is 0 Å². The molecule has 3 aliphatic carbocycles. The molecule has 4 heteroatoms. The summed E-state index contributed by atoms with van der Waals surface area (Å²) in [4.78, 5) is 14.2. The van der Waals surface area contributed by atoms with E-state index in [9.17, 15) is 0 Å². The first-order valence-corrected chi connectivity index (χ1v) is 9.32. The van der Waals surface area contributed by atoms with E-state index < -0.39 is 0 Å². The van der Waals surface area contributed by atoms with Crippen molar-refractivity contribution >= 4 is 0 Å². The van der Waals surface area contributed by atoms with Gasteiger partial charge in [-0.3, -0.25) is 0 Å². The van der Waals surface area contributed by atoms with E-state index >= 15 is 0 Å². The minimum Gasteiger partial charge on any atom is -0.369 e. The van der Waals surface area contributed by atoms with Crippen LogP contribution >= 0.6 is 0 Å². The lowest BCUT2D eigenvalue weighted by Gasteiger charge is -2.35. The summed E-state index contributed by atoms with van der Waals surface area (Å²) in [5.41, 5.74) is 5.45. The van der Waals surface area contributed by atoms with Gasteiger partial charge in [-0.25, -0.2) is 9.97 Å². The van der Waals surface area contributed by atoms with Crippen LogP contribution < -0.4 is 0 Å². The van der Waals surface area contributed by atoms with Crippen LogP contribution in [0.5, 0.6) is 0 Å². The van der Waals surface area contributed by atoms with Crippen molar-refractivity contribution in [2.24, 2.45) is 0 Å². The standard InChI is InChI=1S/C20H25N4/c1-23-8-10-24(11-9-23)17-6-4-14(5-7-17)19-18-15-2-3-16(12-15)20(18)22-13-21-19/h4,6-7,13,15-16H,2-3,5,8-12H2,1H3. The van der Waals surface area contributed by atoms with Crippen LogP contribution in [0.4, 0.5) is 0 Å². The molecule has 0 amide bonds. The normalized spacial score (nSPS) is 29.9. The highest BCUT2D eigenvalue weighted by Gasteiger charge is 2.41. The predicted octanol–water partition coefficient (Wildman–Crippen LogP) is 2.86. The Hall–Kier alpha value is -1.68. The Kier molecular flexibility index (Phi) is 3.47. The molecule has 2 heterocycles. The Labute approximate surface area is 144 Å². The Balaban J connectivity index is 1.36. The molecule has 24 heavy (non-hydrogen) atoms. The van der Waals surface area contributed by atoms with E-state index in [2.05, 4.69) is 40.1 Å². The first kappa shape index (κ1) is 14.6. The lowest BCUT2D eigenvalue weighted by Crippen LogP contribution is -2.43. The summed E-state index contributed by atoms with van der Waals surface area (Å²) in [6.07, 6.45) is 13.7. The molecule has 1 radical (unpaired) electrons. The zero-order chi connectivity index (χ0) is 16.1. The van der Waals surface area contributed by atoms with Gasteiger partial charge in [0.15, 0.2) is 0 Å². The zero-order valence-corrected chi connectivity index (χ0v) is 14.4. The third-order valence-electron chi connectivity index (χ3n) is 6.30. The maximum absolute atomic E-state index is 4.69. The average molecular weight is 321 g/mol. The van der Waals surface area contributed by atoms with Gasteiger partial charge >= 0.3 is 0 Å². The van der Waals surface area contributed by atoms with Crippen molar-refractivity contribution in [2.75, 3.05) is 33.2 Å². The molecule has 2 atom stereocenters. The second kappa shape index (κ2) is 5.69. The Morgan fingerprint density at radius 1 is 1.00 bits per heavy atom. The lowest BCUT2D eigenvalue weighted by molar-refractivity contribution is 0.189. The van der Waals surface area contributed by atoms with Crippen LogP contribution in [0.1, 0.15) is 54.5 Å². The third kappa shape index (κ3) is 2.31. The summed E-state index contributed by atoms with van der Waals surface area (Å²) >= 11 is 0. The molecule has 0 spiro atoms.